The summed E-state index contributed by atoms with van der Waals surface area (Å²) in [5.74, 6) is -1.14. The van der Waals surface area contributed by atoms with Gasteiger partial charge in [0.2, 0.25) is 5.91 Å². The van der Waals surface area contributed by atoms with Gasteiger partial charge in [0, 0.05) is 0 Å². The molecule has 4 rings (SSSR count). The van der Waals surface area contributed by atoms with E-state index in [0.717, 1.165) is 34.4 Å². The summed E-state index contributed by atoms with van der Waals surface area (Å²) in [6.07, 6.45) is 2.46. The van der Waals surface area contributed by atoms with E-state index in [-0.39, 0.29) is 5.78 Å². The maximum atomic E-state index is 13.3. The first kappa shape index (κ1) is 20.8. The summed E-state index contributed by atoms with van der Waals surface area (Å²) >= 11 is 0. The minimum atomic E-state index is -1.11. The minimum Gasteiger partial charge on any atom is -0.344 e. The normalized spacial score (nSPS) is 20.9. The van der Waals surface area contributed by atoms with Gasteiger partial charge in [-0.15, -0.1) is 0 Å². The summed E-state index contributed by atoms with van der Waals surface area (Å²) in [6.45, 7) is 0.989. The van der Waals surface area contributed by atoms with Crippen LogP contribution in [-0.2, 0) is 32.8 Å². The Bertz CT molecular complexity index is 1040. The summed E-state index contributed by atoms with van der Waals surface area (Å²) in [7, 11) is 0. The molecule has 31 heavy (non-hydrogen) atoms. The number of nitrogens with zero attached hydrogens (tertiary/aromatic N) is 1. The molecule has 1 heterocycles. The quantitative estimate of drug-likeness (QED) is 0.701. The molecular formula is C24H25N3O4. The molecule has 7 nitrogen and oxygen atoms in total. The highest BCUT2D eigenvalue weighted by Gasteiger charge is 2.54. The Hall–Kier alpha value is -3.48. The Balaban J connectivity index is 1.48. The van der Waals surface area contributed by atoms with Gasteiger partial charge >= 0.3 is 6.03 Å². The number of aryl methyl sites for hydroxylation is 1. The first-order valence-electron chi connectivity index (χ1n) is 10.5. The average Bonchev–Trinajstić information content (AvgIpc) is 2.99. The van der Waals surface area contributed by atoms with Gasteiger partial charge in [0.05, 0.1) is 6.04 Å². The number of carbonyl (C=O) groups is 4. The zero-order valence-electron chi connectivity index (χ0n) is 17.4. The van der Waals surface area contributed by atoms with E-state index in [1.807, 2.05) is 54.6 Å². The third-order valence-electron chi connectivity index (χ3n) is 6.06. The average molecular weight is 419 g/mol. The topological polar surface area (TPSA) is 95.6 Å². The molecule has 4 amide bonds. The summed E-state index contributed by atoms with van der Waals surface area (Å²) in [6, 6.07) is 15.6. The van der Waals surface area contributed by atoms with E-state index < -0.39 is 36.0 Å². The molecule has 0 unspecified atom stereocenters. The van der Waals surface area contributed by atoms with E-state index in [4.69, 9.17) is 0 Å². The van der Waals surface area contributed by atoms with Crippen molar-refractivity contribution in [1.29, 1.82) is 0 Å². The number of Topliss-reactive ketones (excluding diaryl/α,β-unsaturated/α-hetero) is 1. The zero-order valence-corrected chi connectivity index (χ0v) is 17.4. The number of benzene rings is 2. The number of hydrogen-bond donors (Lipinski definition) is 2. The Kier molecular flexibility index (Phi) is 5.59. The van der Waals surface area contributed by atoms with Crippen molar-refractivity contribution in [3.05, 3.63) is 71.3 Å². The summed E-state index contributed by atoms with van der Waals surface area (Å²) in [4.78, 5) is 51.6. The van der Waals surface area contributed by atoms with Gasteiger partial charge < -0.3 is 10.6 Å². The van der Waals surface area contributed by atoms with Gasteiger partial charge in [-0.05, 0) is 49.3 Å². The van der Waals surface area contributed by atoms with Crippen LogP contribution in [0.1, 0.15) is 36.5 Å². The molecule has 2 aromatic rings. The van der Waals surface area contributed by atoms with Crippen LogP contribution in [0.2, 0.25) is 0 Å². The Morgan fingerprint density at radius 2 is 1.81 bits per heavy atom. The Labute approximate surface area is 180 Å². The lowest BCUT2D eigenvalue weighted by Gasteiger charge is -2.33. The number of imide groups is 1. The second-order valence-corrected chi connectivity index (χ2v) is 8.16. The summed E-state index contributed by atoms with van der Waals surface area (Å²) in [5.41, 5.74) is 1.63. The SMILES string of the molecule is CC(=O)[C@H](Cc1ccccc1)NC(=O)CN1C(=O)N[C@]2(CCCc3ccccc32)C1=O. The molecule has 0 radical (unpaired) electrons. The van der Waals surface area contributed by atoms with Gasteiger partial charge in [-0.1, -0.05) is 54.6 Å². The molecule has 2 atom stereocenters. The molecule has 2 N–H and O–H groups in total. The van der Waals surface area contributed by atoms with E-state index in [1.165, 1.54) is 6.92 Å². The molecule has 1 spiro atoms. The lowest BCUT2D eigenvalue weighted by Crippen LogP contribution is -2.49. The van der Waals surface area contributed by atoms with E-state index >= 15 is 0 Å². The molecule has 0 saturated carbocycles. The van der Waals surface area contributed by atoms with Gasteiger partial charge in [0.15, 0.2) is 5.78 Å². The number of fused-ring (bicyclic) bond motifs is 2. The number of hydrogen-bond acceptors (Lipinski definition) is 4. The number of nitrogens with one attached hydrogen (secondary N) is 2. The third kappa shape index (κ3) is 3.95. The number of ketones is 1. The molecule has 1 aliphatic carbocycles. The van der Waals surface area contributed by atoms with Crippen molar-refractivity contribution in [2.24, 2.45) is 0 Å². The minimum absolute atomic E-state index is 0.188. The summed E-state index contributed by atoms with van der Waals surface area (Å²) < 4.78 is 0. The smallest absolute Gasteiger partial charge is 0.325 e. The monoisotopic (exact) mass is 419 g/mol. The van der Waals surface area contributed by atoms with Crippen molar-refractivity contribution in [2.75, 3.05) is 6.54 Å². The van der Waals surface area contributed by atoms with Crippen LogP contribution in [0.15, 0.2) is 54.6 Å². The molecule has 0 bridgehead atoms. The molecule has 2 aliphatic rings. The van der Waals surface area contributed by atoms with Crippen molar-refractivity contribution in [1.82, 2.24) is 15.5 Å². The van der Waals surface area contributed by atoms with Crippen molar-refractivity contribution in [3.8, 4) is 0 Å². The van der Waals surface area contributed by atoms with E-state index in [1.54, 1.807) is 0 Å². The molecule has 2 aromatic carbocycles. The zero-order chi connectivity index (χ0) is 22.0. The van der Waals surface area contributed by atoms with Crippen LogP contribution in [0, 0.1) is 0 Å². The van der Waals surface area contributed by atoms with Crippen LogP contribution in [-0.4, -0.2) is 41.1 Å². The van der Waals surface area contributed by atoms with Gasteiger partial charge in [-0.3, -0.25) is 19.3 Å². The maximum absolute atomic E-state index is 13.3. The second-order valence-electron chi connectivity index (χ2n) is 8.16. The molecule has 1 saturated heterocycles. The van der Waals surface area contributed by atoms with Crippen LogP contribution in [0.25, 0.3) is 0 Å². The van der Waals surface area contributed by atoms with Crippen molar-refractivity contribution in [3.63, 3.8) is 0 Å². The van der Waals surface area contributed by atoms with Crippen molar-refractivity contribution >= 4 is 23.6 Å². The van der Waals surface area contributed by atoms with Crippen LogP contribution in [0.5, 0.6) is 0 Å². The largest absolute Gasteiger partial charge is 0.344 e. The van der Waals surface area contributed by atoms with E-state index in [0.29, 0.717) is 12.8 Å². The van der Waals surface area contributed by atoms with Crippen molar-refractivity contribution in [2.45, 2.75) is 44.2 Å². The third-order valence-corrected chi connectivity index (χ3v) is 6.06. The maximum Gasteiger partial charge on any atom is 0.325 e. The fourth-order valence-corrected chi connectivity index (χ4v) is 4.48. The lowest BCUT2D eigenvalue weighted by atomic mass is 9.76. The fraction of sp³-hybridized carbons (Fsp3) is 0.333. The number of urea groups is 1. The molecule has 7 heteroatoms. The number of amides is 4. The van der Waals surface area contributed by atoms with Gasteiger partial charge in [-0.2, -0.15) is 0 Å². The van der Waals surface area contributed by atoms with Crippen LogP contribution < -0.4 is 10.6 Å². The van der Waals surface area contributed by atoms with Crippen LogP contribution >= 0.6 is 0 Å². The predicted octanol–water partition coefficient (Wildman–Crippen LogP) is 2.09. The lowest BCUT2D eigenvalue weighted by molar-refractivity contribution is -0.136. The fourth-order valence-electron chi connectivity index (χ4n) is 4.48. The van der Waals surface area contributed by atoms with Crippen LogP contribution in [0.4, 0.5) is 4.79 Å². The molecule has 1 fully saturated rings. The van der Waals surface area contributed by atoms with Gasteiger partial charge in [-0.25, -0.2) is 4.79 Å². The molecule has 0 aromatic heterocycles. The molecule has 160 valence electrons. The Morgan fingerprint density at radius 3 is 2.55 bits per heavy atom. The van der Waals surface area contributed by atoms with Crippen molar-refractivity contribution < 1.29 is 19.2 Å². The summed E-state index contributed by atoms with van der Waals surface area (Å²) in [5, 5.41) is 5.52. The highest BCUT2D eigenvalue weighted by Crippen LogP contribution is 2.39. The molecule has 1 aliphatic heterocycles. The van der Waals surface area contributed by atoms with Gasteiger partial charge in [0.25, 0.3) is 5.91 Å². The highest BCUT2D eigenvalue weighted by atomic mass is 16.2. The first-order valence-corrected chi connectivity index (χ1v) is 10.5. The number of rotatable bonds is 6. The predicted molar refractivity (Wildman–Crippen MR) is 114 cm³/mol. The van der Waals surface area contributed by atoms with E-state index in [9.17, 15) is 19.2 Å². The van der Waals surface area contributed by atoms with Crippen LogP contribution in [0.3, 0.4) is 0 Å². The second kappa shape index (κ2) is 8.34. The standard InChI is InChI=1S/C24H25N3O4/c1-16(28)20(14-17-8-3-2-4-9-17)25-21(29)15-27-22(30)24(26-23(27)31)13-7-11-18-10-5-6-12-19(18)24/h2-6,8-10,12,20H,7,11,13-15H2,1H3,(H,25,29)(H,26,31)/t20-,24-/m0/s1. The van der Waals surface area contributed by atoms with Gasteiger partial charge in [0.1, 0.15) is 12.1 Å². The first-order chi connectivity index (χ1) is 14.9. The highest BCUT2D eigenvalue weighted by molar-refractivity contribution is 6.09. The van der Waals surface area contributed by atoms with E-state index in [2.05, 4.69) is 10.6 Å². The number of carbonyl (C=O) groups excluding carboxylic acids is 4. The Morgan fingerprint density at radius 1 is 1.10 bits per heavy atom. The molecular weight excluding hydrogens is 394 g/mol.